The largest absolute Gasteiger partial charge is 0.385 e. The molecule has 2 aliphatic carbocycles. The van der Waals surface area contributed by atoms with Crippen molar-refractivity contribution in [1.82, 2.24) is 0 Å². The van der Waals surface area contributed by atoms with Crippen LogP contribution in [0.4, 0.5) is 5.69 Å². The highest BCUT2D eigenvalue weighted by Gasteiger charge is 2.35. The number of allylic oxidation sites excluding steroid dienone is 2. The molecule has 0 amide bonds. The molecule has 0 aliphatic heterocycles. The highest BCUT2D eigenvalue weighted by atomic mass is 79.9. The lowest BCUT2D eigenvalue weighted by molar-refractivity contribution is 0.472. The quantitative estimate of drug-likeness (QED) is 0.761. The number of halogens is 1. The Kier molecular flexibility index (Phi) is 3.07. The Balaban J connectivity index is 1.49. The number of anilines is 1. The van der Waals surface area contributed by atoms with E-state index in [2.05, 4.69) is 69.8 Å². The molecule has 1 N–H and O–H groups in total. The average molecular weight is 328 g/mol. The smallest absolute Gasteiger partial charge is 0.0346 e. The summed E-state index contributed by atoms with van der Waals surface area (Å²) >= 11 is 3.52. The standard InChI is InChI=1S/C18H18BrN/c19-17-5-3-15-10-18(6-4-14(15)9-17)20-11-16-8-12-1-2-13(16)7-12/h1-6,9-10,12-13,16,20H,7-8,11H2. The van der Waals surface area contributed by atoms with Crippen LogP contribution >= 0.6 is 15.9 Å². The van der Waals surface area contributed by atoms with E-state index in [0.717, 1.165) is 28.8 Å². The molecule has 0 saturated heterocycles. The van der Waals surface area contributed by atoms with Gasteiger partial charge < -0.3 is 5.32 Å². The van der Waals surface area contributed by atoms with Gasteiger partial charge in [-0.05, 0) is 65.6 Å². The third-order valence-corrected chi connectivity index (χ3v) is 5.28. The van der Waals surface area contributed by atoms with Crippen LogP contribution in [0.25, 0.3) is 10.8 Å². The number of rotatable bonds is 3. The maximum atomic E-state index is 3.63. The van der Waals surface area contributed by atoms with E-state index in [1.54, 1.807) is 0 Å². The number of hydrogen-bond donors (Lipinski definition) is 1. The second-order valence-electron chi connectivity index (χ2n) is 6.13. The summed E-state index contributed by atoms with van der Waals surface area (Å²) in [5.41, 5.74) is 1.24. The highest BCUT2D eigenvalue weighted by molar-refractivity contribution is 9.10. The van der Waals surface area contributed by atoms with Gasteiger partial charge in [-0.2, -0.15) is 0 Å². The molecule has 4 rings (SSSR count). The van der Waals surface area contributed by atoms with Crippen molar-refractivity contribution in [1.29, 1.82) is 0 Å². The molecule has 0 aromatic heterocycles. The Morgan fingerprint density at radius 3 is 2.65 bits per heavy atom. The number of fused-ring (bicyclic) bond motifs is 3. The Bertz CT molecular complexity index is 676. The number of nitrogens with one attached hydrogen (secondary N) is 1. The minimum atomic E-state index is 0.823. The lowest BCUT2D eigenvalue weighted by Gasteiger charge is -2.19. The van der Waals surface area contributed by atoms with Crippen molar-refractivity contribution in [2.45, 2.75) is 12.8 Å². The third kappa shape index (κ3) is 2.26. The van der Waals surface area contributed by atoms with E-state index >= 15 is 0 Å². The van der Waals surface area contributed by atoms with Crippen LogP contribution in [0.1, 0.15) is 12.8 Å². The Labute approximate surface area is 128 Å². The van der Waals surface area contributed by atoms with E-state index in [0.29, 0.717) is 0 Å². The maximum Gasteiger partial charge on any atom is 0.0346 e. The van der Waals surface area contributed by atoms with E-state index < -0.39 is 0 Å². The molecule has 0 radical (unpaired) electrons. The summed E-state index contributed by atoms with van der Waals surface area (Å²) in [4.78, 5) is 0. The van der Waals surface area contributed by atoms with Crippen LogP contribution in [0.3, 0.4) is 0 Å². The fourth-order valence-electron chi connectivity index (χ4n) is 3.70. The van der Waals surface area contributed by atoms with Gasteiger partial charge in [0.2, 0.25) is 0 Å². The van der Waals surface area contributed by atoms with Crippen LogP contribution in [-0.4, -0.2) is 6.54 Å². The molecule has 2 aromatic carbocycles. The molecule has 1 fully saturated rings. The summed E-state index contributed by atoms with van der Waals surface area (Å²) in [5.74, 6) is 2.51. The van der Waals surface area contributed by atoms with Crippen molar-refractivity contribution >= 4 is 32.4 Å². The second-order valence-corrected chi connectivity index (χ2v) is 7.04. The zero-order valence-corrected chi connectivity index (χ0v) is 12.9. The van der Waals surface area contributed by atoms with Gasteiger partial charge in [0.05, 0.1) is 0 Å². The summed E-state index contributed by atoms with van der Waals surface area (Å²) in [7, 11) is 0. The van der Waals surface area contributed by atoms with Gasteiger partial charge in [0.15, 0.2) is 0 Å². The van der Waals surface area contributed by atoms with Gasteiger partial charge in [0.25, 0.3) is 0 Å². The first-order valence-corrected chi connectivity index (χ1v) is 8.19. The van der Waals surface area contributed by atoms with Crippen molar-refractivity contribution in [3.63, 3.8) is 0 Å². The van der Waals surface area contributed by atoms with Gasteiger partial charge in [0.1, 0.15) is 0 Å². The van der Waals surface area contributed by atoms with E-state index in [1.165, 1.54) is 29.3 Å². The lowest BCUT2D eigenvalue weighted by Crippen LogP contribution is -2.18. The summed E-state index contributed by atoms with van der Waals surface area (Å²) in [6.45, 7) is 1.10. The Morgan fingerprint density at radius 2 is 1.85 bits per heavy atom. The van der Waals surface area contributed by atoms with Gasteiger partial charge in [-0.3, -0.25) is 0 Å². The topological polar surface area (TPSA) is 12.0 Å². The summed E-state index contributed by atoms with van der Waals surface area (Å²) in [5, 5.41) is 6.21. The van der Waals surface area contributed by atoms with E-state index in [-0.39, 0.29) is 0 Å². The molecular formula is C18H18BrN. The molecule has 0 spiro atoms. The normalized spacial score (nSPS) is 27.4. The molecule has 2 aliphatic rings. The molecule has 0 heterocycles. The van der Waals surface area contributed by atoms with Gasteiger partial charge >= 0.3 is 0 Å². The van der Waals surface area contributed by atoms with Gasteiger partial charge in [-0.1, -0.05) is 40.2 Å². The first-order valence-electron chi connectivity index (χ1n) is 7.39. The molecule has 3 unspecified atom stereocenters. The predicted molar refractivity (Wildman–Crippen MR) is 89.0 cm³/mol. The summed E-state index contributed by atoms with van der Waals surface area (Å²) < 4.78 is 1.14. The third-order valence-electron chi connectivity index (χ3n) is 4.79. The van der Waals surface area contributed by atoms with Crippen molar-refractivity contribution in [2.24, 2.45) is 17.8 Å². The van der Waals surface area contributed by atoms with Crippen LogP contribution in [0.2, 0.25) is 0 Å². The monoisotopic (exact) mass is 327 g/mol. The minimum Gasteiger partial charge on any atom is -0.385 e. The molecule has 1 saturated carbocycles. The van der Waals surface area contributed by atoms with Crippen LogP contribution in [0.5, 0.6) is 0 Å². The van der Waals surface area contributed by atoms with E-state index in [4.69, 9.17) is 0 Å². The predicted octanol–water partition coefficient (Wildman–Crippen LogP) is 5.23. The number of benzene rings is 2. The first kappa shape index (κ1) is 12.5. The molecule has 2 aromatic rings. The zero-order valence-electron chi connectivity index (χ0n) is 11.4. The molecule has 102 valence electrons. The Hall–Kier alpha value is -1.28. The lowest BCUT2D eigenvalue weighted by atomic mass is 9.93. The molecule has 20 heavy (non-hydrogen) atoms. The zero-order chi connectivity index (χ0) is 13.5. The van der Waals surface area contributed by atoms with Crippen LogP contribution in [0.15, 0.2) is 53.0 Å². The van der Waals surface area contributed by atoms with E-state index in [9.17, 15) is 0 Å². The fourth-order valence-corrected chi connectivity index (χ4v) is 4.08. The maximum absolute atomic E-state index is 3.63. The van der Waals surface area contributed by atoms with E-state index in [1.807, 2.05) is 0 Å². The van der Waals surface area contributed by atoms with Crippen LogP contribution < -0.4 is 5.32 Å². The van der Waals surface area contributed by atoms with Gasteiger partial charge in [-0.25, -0.2) is 0 Å². The Morgan fingerprint density at radius 1 is 1.00 bits per heavy atom. The average Bonchev–Trinajstić information content (AvgIpc) is 3.07. The number of hydrogen-bond acceptors (Lipinski definition) is 1. The van der Waals surface area contributed by atoms with Crippen molar-refractivity contribution in [3.05, 3.63) is 53.0 Å². The molecule has 2 bridgehead atoms. The first-order chi connectivity index (χ1) is 9.78. The van der Waals surface area contributed by atoms with Crippen molar-refractivity contribution in [2.75, 3.05) is 11.9 Å². The van der Waals surface area contributed by atoms with Gasteiger partial charge in [0, 0.05) is 16.7 Å². The molecule has 3 atom stereocenters. The van der Waals surface area contributed by atoms with Crippen molar-refractivity contribution < 1.29 is 0 Å². The van der Waals surface area contributed by atoms with Crippen LogP contribution in [0, 0.1) is 17.8 Å². The fraction of sp³-hybridized carbons (Fsp3) is 0.333. The summed E-state index contributed by atoms with van der Waals surface area (Å²) in [6, 6.07) is 13.1. The summed E-state index contributed by atoms with van der Waals surface area (Å²) in [6.07, 6.45) is 7.60. The van der Waals surface area contributed by atoms with Gasteiger partial charge in [-0.15, -0.1) is 0 Å². The molecule has 2 heteroatoms. The van der Waals surface area contributed by atoms with Crippen LogP contribution in [-0.2, 0) is 0 Å². The second kappa shape index (κ2) is 4.92. The minimum absolute atomic E-state index is 0.823. The molecular weight excluding hydrogens is 310 g/mol. The highest BCUT2D eigenvalue weighted by Crippen LogP contribution is 2.43. The van der Waals surface area contributed by atoms with Crippen molar-refractivity contribution in [3.8, 4) is 0 Å². The SMILES string of the molecule is Brc1ccc2cc(NCC3CC4C=CC3C4)ccc2c1. The molecule has 1 nitrogen and oxygen atoms in total.